The molecule has 0 N–H and O–H groups in total. The number of ketones is 1. The number of Topliss-reactive ketones (excluding diaryl/α,β-unsaturated/α-hetero) is 1. The van der Waals surface area contributed by atoms with Crippen molar-refractivity contribution in [2.75, 3.05) is 0 Å². The highest BCUT2D eigenvalue weighted by Crippen LogP contribution is 2.24. The van der Waals surface area contributed by atoms with Gasteiger partial charge in [-0.1, -0.05) is 0 Å². The summed E-state index contributed by atoms with van der Waals surface area (Å²) in [6.45, 7) is 1.40. The fourth-order valence-electron chi connectivity index (χ4n) is 0.980. The number of furan rings is 1. The second-order valence-electron chi connectivity index (χ2n) is 2.69. The van der Waals surface area contributed by atoms with Gasteiger partial charge in [-0.15, -0.1) is 0 Å². The fraction of sp³-hybridized carbons (Fsp3) is 0.111. The lowest BCUT2D eigenvalue weighted by molar-refractivity contribution is 0.0988. The van der Waals surface area contributed by atoms with E-state index in [9.17, 15) is 4.79 Å². The molecule has 2 aromatic heterocycles. The first-order chi connectivity index (χ1) is 6.66. The summed E-state index contributed by atoms with van der Waals surface area (Å²) in [6.07, 6.45) is 1.36. The second-order valence-corrected chi connectivity index (χ2v) is 3.06. The Kier molecular flexibility index (Phi) is 2.13. The van der Waals surface area contributed by atoms with Crippen molar-refractivity contribution in [1.82, 2.24) is 4.98 Å². The van der Waals surface area contributed by atoms with Crippen molar-refractivity contribution in [3.05, 3.63) is 29.3 Å². The normalized spacial score (nSPS) is 10.4. The number of nitrogens with zero attached hydrogens (tertiary/aromatic N) is 1. The van der Waals surface area contributed by atoms with Crippen LogP contribution in [0.25, 0.3) is 11.7 Å². The van der Waals surface area contributed by atoms with Crippen LogP contribution in [-0.2, 0) is 0 Å². The van der Waals surface area contributed by atoms with E-state index in [2.05, 4.69) is 4.98 Å². The van der Waals surface area contributed by atoms with Gasteiger partial charge in [-0.25, -0.2) is 4.98 Å². The third kappa shape index (κ3) is 1.56. The monoisotopic (exact) mass is 211 g/mol. The molecule has 0 aliphatic rings. The highest BCUT2D eigenvalue weighted by Gasteiger charge is 2.12. The Hall–Kier alpha value is -1.55. The van der Waals surface area contributed by atoms with Gasteiger partial charge in [0.25, 0.3) is 5.89 Å². The minimum absolute atomic E-state index is 0.179. The first kappa shape index (κ1) is 9.02. The standard InChI is InChI=1S/C9H6ClNO3/c1-5(12)7-4-11-9(14-7)6-2-3-8(10)13-6/h2-4H,1H3. The summed E-state index contributed by atoms with van der Waals surface area (Å²) in [5.41, 5.74) is 0. The zero-order valence-corrected chi connectivity index (χ0v) is 8.04. The molecule has 0 saturated carbocycles. The predicted molar refractivity (Wildman–Crippen MR) is 49.2 cm³/mol. The lowest BCUT2D eigenvalue weighted by atomic mass is 10.4. The van der Waals surface area contributed by atoms with Gasteiger partial charge in [-0.2, -0.15) is 0 Å². The van der Waals surface area contributed by atoms with Gasteiger partial charge in [0, 0.05) is 6.92 Å². The van der Waals surface area contributed by atoms with Gasteiger partial charge < -0.3 is 8.83 Å². The van der Waals surface area contributed by atoms with E-state index in [1.807, 2.05) is 0 Å². The molecule has 0 atom stereocenters. The van der Waals surface area contributed by atoms with Crippen molar-refractivity contribution in [1.29, 1.82) is 0 Å². The molecule has 0 unspecified atom stereocenters. The summed E-state index contributed by atoms with van der Waals surface area (Å²) in [5.74, 6) is 0.679. The van der Waals surface area contributed by atoms with Gasteiger partial charge in [0.2, 0.25) is 0 Å². The van der Waals surface area contributed by atoms with Crippen molar-refractivity contribution >= 4 is 17.4 Å². The highest BCUT2D eigenvalue weighted by atomic mass is 35.5. The molecule has 2 heterocycles. The molecule has 0 amide bonds. The summed E-state index contributed by atoms with van der Waals surface area (Å²) in [7, 11) is 0. The molecule has 0 radical (unpaired) electrons. The van der Waals surface area contributed by atoms with E-state index < -0.39 is 0 Å². The van der Waals surface area contributed by atoms with Gasteiger partial charge in [0.15, 0.2) is 22.5 Å². The Balaban J connectivity index is 2.38. The number of carbonyl (C=O) groups is 1. The summed E-state index contributed by atoms with van der Waals surface area (Å²) in [5, 5.41) is 0.252. The maximum absolute atomic E-state index is 10.9. The molecule has 5 heteroatoms. The molecule has 72 valence electrons. The maximum atomic E-state index is 10.9. The molecule has 0 aliphatic heterocycles. The quantitative estimate of drug-likeness (QED) is 0.717. The van der Waals surface area contributed by atoms with Crippen LogP contribution in [-0.4, -0.2) is 10.8 Å². The molecule has 2 aromatic rings. The van der Waals surface area contributed by atoms with Crippen LogP contribution in [0.1, 0.15) is 17.5 Å². The Bertz CT molecular complexity index is 472. The highest BCUT2D eigenvalue weighted by molar-refractivity contribution is 6.28. The second kappa shape index (κ2) is 3.31. The number of hydrogen-bond donors (Lipinski definition) is 0. The fourth-order valence-corrected chi connectivity index (χ4v) is 1.13. The molecule has 0 aromatic carbocycles. The van der Waals surface area contributed by atoms with Gasteiger partial charge in [-0.3, -0.25) is 4.79 Å². The van der Waals surface area contributed by atoms with E-state index >= 15 is 0 Å². The minimum Gasteiger partial charge on any atom is -0.440 e. The van der Waals surface area contributed by atoms with Gasteiger partial charge in [0.05, 0.1) is 6.20 Å². The molecule has 0 saturated heterocycles. The van der Waals surface area contributed by atoms with E-state index in [4.69, 9.17) is 20.4 Å². The SMILES string of the molecule is CC(=O)c1cnc(-c2ccc(Cl)o2)o1. The van der Waals surface area contributed by atoms with Crippen LogP contribution in [0.4, 0.5) is 0 Å². The van der Waals surface area contributed by atoms with Gasteiger partial charge in [0.1, 0.15) is 0 Å². The van der Waals surface area contributed by atoms with Crippen LogP contribution < -0.4 is 0 Å². The number of oxazole rings is 1. The molecule has 4 nitrogen and oxygen atoms in total. The number of halogens is 1. The number of carbonyl (C=O) groups excluding carboxylic acids is 1. The Morgan fingerprint density at radius 3 is 2.71 bits per heavy atom. The zero-order valence-electron chi connectivity index (χ0n) is 7.28. The van der Waals surface area contributed by atoms with E-state index in [-0.39, 0.29) is 22.7 Å². The van der Waals surface area contributed by atoms with Crippen LogP contribution in [0.3, 0.4) is 0 Å². The first-order valence-electron chi connectivity index (χ1n) is 3.89. The van der Waals surface area contributed by atoms with E-state index in [1.54, 1.807) is 12.1 Å². The third-order valence-electron chi connectivity index (χ3n) is 1.64. The maximum Gasteiger partial charge on any atom is 0.263 e. The lowest BCUT2D eigenvalue weighted by Gasteiger charge is -1.87. The van der Waals surface area contributed by atoms with Crippen molar-refractivity contribution in [2.45, 2.75) is 6.92 Å². The molecular formula is C9H6ClNO3. The van der Waals surface area contributed by atoms with E-state index in [1.165, 1.54) is 13.1 Å². The van der Waals surface area contributed by atoms with Crippen molar-refractivity contribution in [3.63, 3.8) is 0 Å². The van der Waals surface area contributed by atoms with E-state index in [0.29, 0.717) is 5.76 Å². The van der Waals surface area contributed by atoms with Crippen molar-refractivity contribution in [3.8, 4) is 11.7 Å². The number of hydrogen-bond acceptors (Lipinski definition) is 4. The van der Waals surface area contributed by atoms with E-state index in [0.717, 1.165) is 0 Å². The summed E-state index contributed by atoms with van der Waals surface area (Å²) >= 11 is 5.58. The molecule has 0 bridgehead atoms. The van der Waals surface area contributed by atoms with Crippen LogP contribution >= 0.6 is 11.6 Å². The smallest absolute Gasteiger partial charge is 0.263 e. The summed E-state index contributed by atoms with van der Waals surface area (Å²) in [4.78, 5) is 14.8. The summed E-state index contributed by atoms with van der Waals surface area (Å²) in [6, 6.07) is 3.20. The molecule has 0 spiro atoms. The molecule has 14 heavy (non-hydrogen) atoms. The van der Waals surface area contributed by atoms with Crippen molar-refractivity contribution in [2.24, 2.45) is 0 Å². The molecule has 0 fully saturated rings. The Morgan fingerprint density at radius 2 is 2.21 bits per heavy atom. The lowest BCUT2D eigenvalue weighted by Crippen LogP contribution is -1.85. The average molecular weight is 212 g/mol. The Morgan fingerprint density at radius 1 is 1.43 bits per heavy atom. The van der Waals surface area contributed by atoms with Crippen molar-refractivity contribution < 1.29 is 13.6 Å². The van der Waals surface area contributed by atoms with Crippen LogP contribution in [0.2, 0.25) is 5.22 Å². The largest absolute Gasteiger partial charge is 0.440 e. The van der Waals surface area contributed by atoms with Gasteiger partial charge >= 0.3 is 0 Å². The molecule has 0 aliphatic carbocycles. The average Bonchev–Trinajstić information content (AvgIpc) is 2.70. The number of rotatable bonds is 2. The third-order valence-corrected chi connectivity index (χ3v) is 1.84. The number of aromatic nitrogens is 1. The first-order valence-corrected chi connectivity index (χ1v) is 4.27. The van der Waals surface area contributed by atoms with Crippen LogP contribution in [0.5, 0.6) is 0 Å². The predicted octanol–water partition coefficient (Wildman–Crippen LogP) is 2.79. The molecule has 2 rings (SSSR count). The van der Waals surface area contributed by atoms with Gasteiger partial charge in [-0.05, 0) is 23.7 Å². The summed E-state index contributed by atoms with van der Waals surface area (Å²) < 4.78 is 10.2. The Labute approximate surface area is 84.5 Å². The topological polar surface area (TPSA) is 56.2 Å². The van der Waals surface area contributed by atoms with Crippen LogP contribution in [0, 0.1) is 0 Å². The van der Waals surface area contributed by atoms with Crippen LogP contribution in [0.15, 0.2) is 27.2 Å². The molecular weight excluding hydrogens is 206 g/mol. The zero-order chi connectivity index (χ0) is 10.1. The minimum atomic E-state index is -0.179.